The number of ether oxygens (including phenoxy) is 1. The van der Waals surface area contributed by atoms with Gasteiger partial charge in [0.05, 0.1) is 6.61 Å². The third kappa shape index (κ3) is 6.79. The second-order valence-corrected chi connectivity index (χ2v) is 2.03. The van der Waals surface area contributed by atoms with Gasteiger partial charge in [0.1, 0.15) is 0 Å². The second-order valence-electron chi connectivity index (χ2n) is 1.59. The molecule has 0 aliphatic rings. The minimum atomic E-state index is -0.420. The molecule has 3 N–H and O–H groups in total. The van der Waals surface area contributed by atoms with Gasteiger partial charge in [-0.05, 0) is 19.1 Å². The van der Waals surface area contributed by atoms with E-state index < -0.39 is 5.97 Å². The molecule has 0 atom stereocenters. The quantitative estimate of drug-likeness (QED) is 0.355. The molecule has 0 heterocycles. The summed E-state index contributed by atoms with van der Waals surface area (Å²) in [6.45, 7) is 2.09. The first-order valence-electron chi connectivity index (χ1n) is 3.06. The van der Waals surface area contributed by atoms with Crippen LogP contribution in [0.1, 0.15) is 6.92 Å². The predicted molar refractivity (Wildman–Crippen MR) is 45.7 cm³/mol. The maximum Gasteiger partial charge on any atom is 0.332 e. The first kappa shape index (κ1) is 9.90. The van der Waals surface area contributed by atoms with Crippen LogP contribution in [0, 0.1) is 0 Å². The summed E-state index contributed by atoms with van der Waals surface area (Å²) in [5.74, 6) is -0.420. The van der Waals surface area contributed by atoms with Gasteiger partial charge < -0.3 is 15.8 Å². The zero-order valence-electron chi connectivity index (χ0n) is 6.16. The average Bonchev–Trinajstić information content (AvgIpc) is 1.87. The molecule has 0 radical (unpaired) electrons. The van der Waals surface area contributed by atoms with E-state index in [0.717, 1.165) is 0 Å². The highest BCUT2D eigenvalue weighted by molar-refractivity contribution is 7.80. The minimum Gasteiger partial charge on any atom is -0.463 e. The van der Waals surface area contributed by atoms with Crippen molar-refractivity contribution in [1.82, 2.24) is 5.32 Å². The topological polar surface area (TPSA) is 64.3 Å². The first-order chi connectivity index (χ1) is 5.16. The van der Waals surface area contributed by atoms with Gasteiger partial charge in [-0.1, -0.05) is 0 Å². The number of carbonyl (C=O) groups excluding carboxylic acids is 1. The lowest BCUT2D eigenvalue weighted by Gasteiger charge is -1.95. The van der Waals surface area contributed by atoms with Crippen LogP contribution >= 0.6 is 12.2 Å². The van der Waals surface area contributed by atoms with Gasteiger partial charge in [-0.2, -0.15) is 0 Å². The Balaban J connectivity index is 3.56. The fourth-order valence-electron chi connectivity index (χ4n) is 0.382. The highest BCUT2D eigenvalue weighted by Gasteiger charge is 1.91. The normalized spacial score (nSPS) is 9.55. The Morgan fingerprint density at radius 1 is 1.82 bits per heavy atom. The zero-order chi connectivity index (χ0) is 8.69. The number of nitrogens with one attached hydrogen (secondary N) is 1. The van der Waals surface area contributed by atoms with E-state index in [4.69, 9.17) is 5.73 Å². The second kappa shape index (κ2) is 5.67. The van der Waals surface area contributed by atoms with E-state index in [0.29, 0.717) is 6.61 Å². The van der Waals surface area contributed by atoms with Gasteiger partial charge in [-0.15, -0.1) is 0 Å². The summed E-state index contributed by atoms with van der Waals surface area (Å²) in [6, 6.07) is 0. The van der Waals surface area contributed by atoms with Crippen molar-refractivity contribution in [3.8, 4) is 0 Å². The number of rotatable bonds is 3. The largest absolute Gasteiger partial charge is 0.463 e. The number of carbonyl (C=O) groups is 1. The molecule has 0 aromatic heterocycles. The maximum absolute atomic E-state index is 10.6. The molecule has 0 aromatic carbocycles. The Labute approximate surface area is 70.4 Å². The van der Waals surface area contributed by atoms with E-state index in [1.165, 1.54) is 12.3 Å². The molecule has 0 aliphatic heterocycles. The summed E-state index contributed by atoms with van der Waals surface area (Å²) in [6.07, 6.45) is 2.54. The van der Waals surface area contributed by atoms with Crippen LogP contribution in [-0.2, 0) is 9.53 Å². The molecule has 0 amide bonds. The minimum absolute atomic E-state index is 0.116. The van der Waals surface area contributed by atoms with Crippen LogP contribution in [0.4, 0.5) is 0 Å². The average molecular weight is 174 g/mol. The molecule has 62 valence electrons. The van der Waals surface area contributed by atoms with E-state index >= 15 is 0 Å². The van der Waals surface area contributed by atoms with Gasteiger partial charge in [0, 0.05) is 12.3 Å². The first-order valence-corrected chi connectivity index (χ1v) is 3.47. The number of thiocarbonyl (C=S) groups is 1. The summed E-state index contributed by atoms with van der Waals surface area (Å²) in [5.41, 5.74) is 5.07. The molecule has 0 bridgehead atoms. The van der Waals surface area contributed by atoms with Crippen LogP contribution < -0.4 is 11.1 Å². The van der Waals surface area contributed by atoms with Gasteiger partial charge in [-0.3, -0.25) is 0 Å². The summed E-state index contributed by atoms with van der Waals surface area (Å²) in [5, 5.41) is 2.58. The Bertz CT molecular complexity index is 179. The molecule has 11 heavy (non-hydrogen) atoms. The molecule has 0 aliphatic carbocycles. The molecule has 5 heteroatoms. The van der Waals surface area contributed by atoms with Crippen molar-refractivity contribution in [2.45, 2.75) is 6.92 Å². The Morgan fingerprint density at radius 3 is 2.91 bits per heavy atom. The summed E-state index contributed by atoms with van der Waals surface area (Å²) >= 11 is 4.48. The van der Waals surface area contributed by atoms with E-state index in [-0.39, 0.29) is 5.11 Å². The van der Waals surface area contributed by atoms with Gasteiger partial charge in [0.2, 0.25) is 0 Å². The Morgan fingerprint density at radius 2 is 2.45 bits per heavy atom. The van der Waals surface area contributed by atoms with Gasteiger partial charge >= 0.3 is 5.97 Å². The Hall–Kier alpha value is -1.10. The van der Waals surface area contributed by atoms with Crippen LogP contribution in [0.2, 0.25) is 0 Å². The molecule has 4 nitrogen and oxygen atoms in total. The number of esters is 1. The molecule has 0 saturated carbocycles. The maximum atomic E-state index is 10.6. The smallest absolute Gasteiger partial charge is 0.332 e. The molecule has 0 unspecified atom stereocenters. The predicted octanol–water partition coefficient (Wildman–Crippen LogP) is -0.104. The SMILES string of the molecule is CCOC(=O)/C=C\NC(N)=S. The van der Waals surface area contributed by atoms with Crippen molar-refractivity contribution in [3.05, 3.63) is 12.3 Å². The monoisotopic (exact) mass is 174 g/mol. The summed E-state index contributed by atoms with van der Waals surface area (Å²) < 4.78 is 4.57. The molecule has 0 rings (SSSR count). The number of hydrogen-bond acceptors (Lipinski definition) is 3. The Kier molecular flexibility index (Phi) is 5.10. The van der Waals surface area contributed by atoms with Crippen molar-refractivity contribution in [1.29, 1.82) is 0 Å². The van der Waals surface area contributed by atoms with Crippen LogP contribution in [0.15, 0.2) is 12.3 Å². The van der Waals surface area contributed by atoms with Gasteiger partial charge in [0.25, 0.3) is 0 Å². The highest BCUT2D eigenvalue weighted by atomic mass is 32.1. The van der Waals surface area contributed by atoms with Crippen molar-refractivity contribution >= 4 is 23.3 Å². The fraction of sp³-hybridized carbons (Fsp3) is 0.333. The lowest BCUT2D eigenvalue weighted by molar-refractivity contribution is -0.137. The summed E-state index contributed by atoms with van der Waals surface area (Å²) in [7, 11) is 0. The lowest BCUT2D eigenvalue weighted by Crippen LogP contribution is -2.24. The van der Waals surface area contributed by atoms with Crippen LogP contribution in [0.25, 0.3) is 0 Å². The van der Waals surface area contributed by atoms with Crippen molar-refractivity contribution in [2.75, 3.05) is 6.61 Å². The van der Waals surface area contributed by atoms with E-state index in [2.05, 4.69) is 22.3 Å². The third-order valence-electron chi connectivity index (χ3n) is 0.732. The zero-order valence-corrected chi connectivity index (χ0v) is 6.98. The molecule has 0 fully saturated rings. The molecule has 0 spiro atoms. The van der Waals surface area contributed by atoms with E-state index in [1.807, 2.05) is 0 Å². The van der Waals surface area contributed by atoms with Gasteiger partial charge in [0.15, 0.2) is 5.11 Å². The van der Waals surface area contributed by atoms with Crippen LogP contribution in [0.3, 0.4) is 0 Å². The highest BCUT2D eigenvalue weighted by Crippen LogP contribution is 1.78. The summed E-state index contributed by atoms with van der Waals surface area (Å²) in [4.78, 5) is 10.6. The van der Waals surface area contributed by atoms with Crippen molar-refractivity contribution < 1.29 is 9.53 Å². The molecule has 0 saturated heterocycles. The van der Waals surface area contributed by atoms with Crippen molar-refractivity contribution in [2.24, 2.45) is 5.73 Å². The fourth-order valence-corrected chi connectivity index (χ4v) is 0.450. The van der Waals surface area contributed by atoms with Gasteiger partial charge in [-0.25, -0.2) is 4.79 Å². The van der Waals surface area contributed by atoms with Crippen LogP contribution in [-0.4, -0.2) is 17.7 Å². The van der Waals surface area contributed by atoms with E-state index in [9.17, 15) is 4.79 Å². The van der Waals surface area contributed by atoms with Crippen molar-refractivity contribution in [3.63, 3.8) is 0 Å². The molecular formula is C6H10N2O2S. The third-order valence-corrected chi connectivity index (χ3v) is 0.849. The van der Waals surface area contributed by atoms with Crippen LogP contribution in [0.5, 0.6) is 0 Å². The lowest BCUT2D eigenvalue weighted by atomic mass is 10.6. The standard InChI is InChI=1S/C6H10N2O2S/c1-2-10-5(9)3-4-8-6(7)11/h3-4H,2H2,1H3,(H3,7,8,11)/b4-3-. The molecule has 0 aromatic rings. The number of hydrogen-bond donors (Lipinski definition) is 2. The number of nitrogens with two attached hydrogens (primary N) is 1. The van der Waals surface area contributed by atoms with E-state index in [1.54, 1.807) is 6.92 Å². The molecular weight excluding hydrogens is 164 g/mol.